The van der Waals surface area contributed by atoms with E-state index in [1.807, 2.05) is 30.3 Å². The van der Waals surface area contributed by atoms with Gasteiger partial charge in [0.05, 0.1) is 34.8 Å². The van der Waals surface area contributed by atoms with Crippen molar-refractivity contribution in [3.63, 3.8) is 0 Å². The smallest absolute Gasteiger partial charge is 0.138 e. The lowest BCUT2D eigenvalue weighted by Gasteiger charge is -2.23. The maximum Gasteiger partial charge on any atom is 0.138 e. The van der Waals surface area contributed by atoms with Crippen molar-refractivity contribution in [2.75, 3.05) is 13.1 Å². The van der Waals surface area contributed by atoms with E-state index in [1.54, 1.807) is 30.9 Å². The lowest BCUT2D eigenvalue weighted by molar-refractivity contribution is 0.162. The topological polar surface area (TPSA) is 104 Å². The minimum absolute atomic E-state index is 0.193. The van der Waals surface area contributed by atoms with Crippen LogP contribution in [0, 0.1) is 5.82 Å². The molecule has 3 N–H and O–H groups in total. The predicted octanol–water partition coefficient (Wildman–Crippen LogP) is 5.50. The van der Waals surface area contributed by atoms with Gasteiger partial charge < -0.3 is 15.0 Å². The zero-order chi connectivity index (χ0) is 25.5. The Bertz CT molecular complexity index is 1770. The normalized spacial score (nSPS) is 14.3. The Labute approximate surface area is 217 Å². The lowest BCUT2D eigenvalue weighted by Crippen LogP contribution is -2.34. The fourth-order valence-corrected chi connectivity index (χ4v) is 5.04. The summed E-state index contributed by atoms with van der Waals surface area (Å²) in [4.78, 5) is 17.1. The minimum Gasteiger partial charge on any atom is -0.489 e. The summed E-state index contributed by atoms with van der Waals surface area (Å²) in [5.74, 6) is 0.460. The van der Waals surface area contributed by atoms with Gasteiger partial charge in [-0.05, 0) is 67.9 Å². The molecule has 0 unspecified atom stereocenters. The quantitative estimate of drug-likeness (QED) is 0.286. The van der Waals surface area contributed by atoms with Gasteiger partial charge in [0.2, 0.25) is 0 Å². The van der Waals surface area contributed by atoms with Crippen LogP contribution in [-0.2, 0) is 0 Å². The Morgan fingerprint density at radius 2 is 1.76 bits per heavy atom. The third-order valence-corrected chi connectivity index (χ3v) is 6.94. The molecule has 0 spiro atoms. The van der Waals surface area contributed by atoms with E-state index in [4.69, 9.17) is 9.72 Å². The van der Waals surface area contributed by atoms with Crippen molar-refractivity contribution >= 4 is 21.9 Å². The van der Waals surface area contributed by atoms with Crippen LogP contribution >= 0.6 is 0 Å². The summed E-state index contributed by atoms with van der Waals surface area (Å²) in [5, 5.41) is 11.9. The van der Waals surface area contributed by atoms with E-state index in [0.29, 0.717) is 5.69 Å². The summed E-state index contributed by atoms with van der Waals surface area (Å²) in [6.07, 6.45) is 9.21. The van der Waals surface area contributed by atoms with Gasteiger partial charge in [0.1, 0.15) is 28.9 Å². The highest BCUT2D eigenvalue weighted by Crippen LogP contribution is 2.34. The van der Waals surface area contributed by atoms with E-state index < -0.39 is 0 Å². The molecule has 0 aliphatic carbocycles. The van der Waals surface area contributed by atoms with E-state index in [9.17, 15) is 4.39 Å². The van der Waals surface area contributed by atoms with Crippen molar-refractivity contribution < 1.29 is 9.13 Å². The highest BCUT2D eigenvalue weighted by atomic mass is 19.1. The molecule has 1 fully saturated rings. The molecule has 0 amide bonds. The Morgan fingerprint density at radius 3 is 2.66 bits per heavy atom. The number of H-pyrrole nitrogens is 2. The first-order chi connectivity index (χ1) is 18.7. The number of aromatic nitrogens is 6. The molecule has 1 aliphatic rings. The maximum atomic E-state index is 13.9. The number of benzene rings is 1. The number of ether oxygens (including phenoxy) is 1. The summed E-state index contributed by atoms with van der Waals surface area (Å²) in [5.41, 5.74) is 7.14. The molecule has 1 aliphatic heterocycles. The minimum atomic E-state index is -0.287. The Morgan fingerprint density at radius 1 is 0.868 bits per heavy atom. The average molecular weight is 506 g/mol. The second-order valence-electron chi connectivity index (χ2n) is 9.48. The van der Waals surface area contributed by atoms with Crippen molar-refractivity contribution in [2.45, 2.75) is 18.9 Å². The van der Waals surface area contributed by atoms with Gasteiger partial charge in [-0.1, -0.05) is 12.1 Å². The molecule has 1 saturated heterocycles. The second kappa shape index (κ2) is 9.35. The SMILES string of the molecule is Fc1cccc(-c2cncc3[nH]c(-c4n[nH]c5ccc(-c6cncc(OC7CCNCC7)c6)nc45)cc23)c1. The summed E-state index contributed by atoms with van der Waals surface area (Å²) in [6.45, 7) is 1.93. The van der Waals surface area contributed by atoms with Crippen molar-refractivity contribution in [2.24, 2.45) is 0 Å². The fraction of sp³-hybridized carbons (Fsp3) is 0.172. The highest BCUT2D eigenvalue weighted by Gasteiger charge is 2.17. The zero-order valence-electron chi connectivity index (χ0n) is 20.4. The average Bonchev–Trinajstić information content (AvgIpc) is 3.57. The van der Waals surface area contributed by atoms with E-state index in [2.05, 4.69) is 30.5 Å². The van der Waals surface area contributed by atoms with Crippen molar-refractivity contribution in [1.82, 2.24) is 35.5 Å². The fourth-order valence-electron chi connectivity index (χ4n) is 5.04. The van der Waals surface area contributed by atoms with Gasteiger partial charge in [-0.3, -0.25) is 15.1 Å². The molecule has 188 valence electrons. The number of hydrogen-bond donors (Lipinski definition) is 3. The van der Waals surface area contributed by atoms with Crippen LogP contribution in [0.5, 0.6) is 5.75 Å². The van der Waals surface area contributed by atoms with Crippen LogP contribution in [0.15, 0.2) is 73.3 Å². The number of hydrogen-bond acceptors (Lipinski definition) is 6. The van der Waals surface area contributed by atoms with E-state index in [0.717, 1.165) is 81.7 Å². The molecule has 38 heavy (non-hydrogen) atoms. The van der Waals surface area contributed by atoms with E-state index >= 15 is 0 Å². The van der Waals surface area contributed by atoms with E-state index in [-0.39, 0.29) is 11.9 Å². The van der Waals surface area contributed by atoms with Crippen LogP contribution in [0.25, 0.3) is 55.7 Å². The zero-order valence-corrected chi connectivity index (χ0v) is 20.4. The number of nitrogens with zero attached hydrogens (tertiary/aromatic N) is 4. The van der Waals surface area contributed by atoms with Crippen LogP contribution in [0.2, 0.25) is 0 Å². The molecule has 0 atom stereocenters. The predicted molar refractivity (Wildman–Crippen MR) is 144 cm³/mol. The lowest BCUT2D eigenvalue weighted by atomic mass is 10.0. The van der Waals surface area contributed by atoms with Crippen molar-refractivity contribution in [3.05, 3.63) is 79.1 Å². The van der Waals surface area contributed by atoms with Crippen LogP contribution < -0.4 is 10.1 Å². The molecule has 1 aromatic carbocycles. The number of fused-ring (bicyclic) bond motifs is 2. The number of piperidine rings is 1. The van der Waals surface area contributed by atoms with Gasteiger partial charge in [-0.25, -0.2) is 9.37 Å². The highest BCUT2D eigenvalue weighted by molar-refractivity contribution is 6.00. The molecular formula is C29H24FN7O. The Hall–Kier alpha value is -4.63. The number of halogens is 1. The molecular weight excluding hydrogens is 481 g/mol. The molecule has 9 heteroatoms. The molecule has 6 heterocycles. The summed E-state index contributed by atoms with van der Waals surface area (Å²) in [7, 11) is 0. The van der Waals surface area contributed by atoms with Gasteiger partial charge in [-0.2, -0.15) is 5.10 Å². The third kappa shape index (κ3) is 4.16. The first-order valence-corrected chi connectivity index (χ1v) is 12.6. The molecule has 5 aromatic heterocycles. The third-order valence-electron chi connectivity index (χ3n) is 6.94. The van der Waals surface area contributed by atoms with Crippen molar-refractivity contribution in [3.8, 4) is 39.5 Å². The van der Waals surface area contributed by atoms with Crippen LogP contribution in [-0.4, -0.2) is 49.3 Å². The van der Waals surface area contributed by atoms with Gasteiger partial charge in [-0.15, -0.1) is 0 Å². The number of pyridine rings is 3. The standard InChI is InChI=1S/C29H24FN7O/c30-19-3-1-2-17(10-19)23-15-33-16-27-22(23)12-26(34-27)29-28-25(36-37-29)5-4-24(35-28)18-11-21(14-32-13-18)38-20-6-8-31-9-7-20/h1-5,10-16,20,31,34H,6-9H2,(H,36,37). The molecule has 7 rings (SSSR count). The van der Waals surface area contributed by atoms with Gasteiger partial charge in [0.15, 0.2) is 0 Å². The van der Waals surface area contributed by atoms with Crippen LogP contribution in [0.1, 0.15) is 12.8 Å². The van der Waals surface area contributed by atoms with Gasteiger partial charge in [0, 0.05) is 28.9 Å². The monoisotopic (exact) mass is 505 g/mol. The van der Waals surface area contributed by atoms with Gasteiger partial charge in [0.25, 0.3) is 0 Å². The Kier molecular flexibility index (Phi) is 5.55. The summed E-state index contributed by atoms with van der Waals surface area (Å²) < 4.78 is 20.1. The maximum absolute atomic E-state index is 13.9. The van der Waals surface area contributed by atoms with Crippen LogP contribution in [0.4, 0.5) is 4.39 Å². The largest absolute Gasteiger partial charge is 0.489 e. The summed E-state index contributed by atoms with van der Waals surface area (Å²) in [6, 6.07) is 14.4. The molecule has 0 bridgehead atoms. The van der Waals surface area contributed by atoms with Crippen molar-refractivity contribution in [1.29, 1.82) is 0 Å². The van der Waals surface area contributed by atoms with Gasteiger partial charge >= 0.3 is 0 Å². The van der Waals surface area contributed by atoms with Crippen LogP contribution in [0.3, 0.4) is 0 Å². The molecule has 0 saturated carbocycles. The number of nitrogens with one attached hydrogen (secondary N) is 3. The number of aromatic amines is 2. The molecule has 0 radical (unpaired) electrons. The molecule has 8 nitrogen and oxygen atoms in total. The first-order valence-electron chi connectivity index (χ1n) is 12.6. The number of rotatable bonds is 5. The Balaban J connectivity index is 1.26. The second-order valence-corrected chi connectivity index (χ2v) is 9.48. The molecule has 6 aromatic rings. The first kappa shape index (κ1) is 22.6. The van der Waals surface area contributed by atoms with E-state index in [1.165, 1.54) is 12.1 Å². The summed E-state index contributed by atoms with van der Waals surface area (Å²) >= 11 is 0.